The molecule has 0 aliphatic carbocycles. The molecular formula is C16H12N4O2S2. The first-order valence-corrected chi connectivity index (χ1v) is 8.97. The lowest BCUT2D eigenvalue weighted by Crippen LogP contribution is -2.12. The van der Waals surface area contributed by atoms with Crippen molar-refractivity contribution in [3.63, 3.8) is 0 Å². The Labute approximate surface area is 145 Å². The molecule has 4 rings (SSSR count). The SMILES string of the molecule is CC(Sc1ncccn1)c1nc2scc(-c3ccco3)c2c(=O)[nH]1. The molecule has 24 heavy (non-hydrogen) atoms. The number of thiophene rings is 1. The maximum Gasteiger partial charge on any atom is 0.260 e. The third-order valence-electron chi connectivity index (χ3n) is 3.46. The highest BCUT2D eigenvalue weighted by Gasteiger charge is 2.18. The van der Waals surface area contributed by atoms with Crippen molar-refractivity contribution < 1.29 is 4.42 Å². The van der Waals surface area contributed by atoms with Crippen LogP contribution in [0.3, 0.4) is 0 Å². The average molecular weight is 356 g/mol. The Morgan fingerprint density at radius 2 is 2.12 bits per heavy atom. The van der Waals surface area contributed by atoms with Crippen molar-refractivity contribution in [3.8, 4) is 11.3 Å². The maximum atomic E-state index is 12.6. The van der Waals surface area contributed by atoms with Crippen LogP contribution in [0.15, 0.2) is 56.6 Å². The number of hydrogen-bond acceptors (Lipinski definition) is 7. The van der Waals surface area contributed by atoms with Gasteiger partial charge in [-0.15, -0.1) is 11.3 Å². The number of fused-ring (bicyclic) bond motifs is 1. The Kier molecular flexibility index (Phi) is 3.91. The van der Waals surface area contributed by atoms with E-state index in [1.165, 1.54) is 23.1 Å². The molecule has 0 aliphatic rings. The fraction of sp³-hybridized carbons (Fsp3) is 0.125. The van der Waals surface area contributed by atoms with E-state index < -0.39 is 0 Å². The van der Waals surface area contributed by atoms with Gasteiger partial charge in [-0.2, -0.15) is 0 Å². The van der Waals surface area contributed by atoms with Crippen LogP contribution in [0.25, 0.3) is 21.5 Å². The van der Waals surface area contributed by atoms with Crippen LogP contribution in [-0.4, -0.2) is 19.9 Å². The Balaban J connectivity index is 1.72. The summed E-state index contributed by atoms with van der Waals surface area (Å²) in [6, 6.07) is 5.40. The van der Waals surface area contributed by atoms with Crippen molar-refractivity contribution in [1.29, 1.82) is 0 Å². The minimum Gasteiger partial charge on any atom is -0.464 e. The molecule has 4 aromatic rings. The normalized spacial score (nSPS) is 12.5. The first-order valence-electron chi connectivity index (χ1n) is 7.21. The minimum absolute atomic E-state index is 0.0707. The lowest BCUT2D eigenvalue weighted by molar-refractivity contribution is 0.583. The van der Waals surface area contributed by atoms with Gasteiger partial charge in [0.15, 0.2) is 5.16 Å². The smallest absolute Gasteiger partial charge is 0.260 e. The Morgan fingerprint density at radius 3 is 2.88 bits per heavy atom. The second kappa shape index (κ2) is 6.21. The van der Waals surface area contributed by atoms with Crippen molar-refractivity contribution in [2.24, 2.45) is 0 Å². The summed E-state index contributed by atoms with van der Waals surface area (Å²) in [6.07, 6.45) is 4.97. The topological polar surface area (TPSA) is 84.7 Å². The molecule has 0 radical (unpaired) electrons. The predicted molar refractivity (Wildman–Crippen MR) is 94.2 cm³/mol. The highest BCUT2D eigenvalue weighted by molar-refractivity contribution is 7.99. The van der Waals surface area contributed by atoms with Crippen LogP contribution >= 0.6 is 23.1 Å². The number of rotatable bonds is 4. The van der Waals surface area contributed by atoms with Gasteiger partial charge in [-0.25, -0.2) is 15.0 Å². The van der Waals surface area contributed by atoms with Crippen molar-refractivity contribution in [3.05, 3.63) is 58.4 Å². The molecule has 1 unspecified atom stereocenters. The molecule has 0 saturated carbocycles. The summed E-state index contributed by atoms with van der Waals surface area (Å²) in [5, 5.41) is 3.04. The summed E-state index contributed by atoms with van der Waals surface area (Å²) in [7, 11) is 0. The molecule has 120 valence electrons. The number of thioether (sulfide) groups is 1. The largest absolute Gasteiger partial charge is 0.464 e. The lowest BCUT2D eigenvalue weighted by atomic mass is 10.2. The van der Waals surface area contributed by atoms with Gasteiger partial charge in [-0.1, -0.05) is 11.8 Å². The second-order valence-electron chi connectivity index (χ2n) is 5.05. The van der Waals surface area contributed by atoms with Gasteiger partial charge in [0.1, 0.15) is 16.4 Å². The van der Waals surface area contributed by atoms with E-state index in [1.807, 2.05) is 18.4 Å². The number of hydrogen-bond donors (Lipinski definition) is 1. The van der Waals surface area contributed by atoms with Crippen LogP contribution in [0.2, 0.25) is 0 Å². The molecule has 0 fully saturated rings. The highest BCUT2D eigenvalue weighted by atomic mass is 32.2. The Morgan fingerprint density at radius 1 is 1.29 bits per heavy atom. The molecular weight excluding hydrogens is 344 g/mol. The van der Waals surface area contributed by atoms with Crippen LogP contribution < -0.4 is 5.56 Å². The highest BCUT2D eigenvalue weighted by Crippen LogP contribution is 2.34. The van der Waals surface area contributed by atoms with E-state index in [9.17, 15) is 4.79 Å². The van der Waals surface area contributed by atoms with Gasteiger partial charge in [0.25, 0.3) is 5.56 Å². The molecule has 8 heteroatoms. The van der Waals surface area contributed by atoms with Crippen LogP contribution in [-0.2, 0) is 0 Å². The zero-order valence-corrected chi connectivity index (χ0v) is 14.2. The fourth-order valence-electron chi connectivity index (χ4n) is 2.33. The van der Waals surface area contributed by atoms with E-state index in [2.05, 4.69) is 19.9 Å². The Bertz CT molecular complexity index is 1030. The van der Waals surface area contributed by atoms with Crippen LogP contribution in [0.5, 0.6) is 0 Å². The lowest BCUT2D eigenvalue weighted by Gasteiger charge is -2.09. The molecule has 1 atom stereocenters. The van der Waals surface area contributed by atoms with E-state index in [-0.39, 0.29) is 10.8 Å². The first kappa shape index (κ1) is 15.1. The van der Waals surface area contributed by atoms with Crippen LogP contribution in [0.4, 0.5) is 0 Å². The summed E-state index contributed by atoms with van der Waals surface area (Å²) in [4.78, 5) is 29.1. The number of aromatic amines is 1. The summed E-state index contributed by atoms with van der Waals surface area (Å²) in [6.45, 7) is 1.96. The molecule has 0 aliphatic heterocycles. The zero-order chi connectivity index (χ0) is 16.5. The van der Waals surface area contributed by atoms with Gasteiger partial charge in [0, 0.05) is 23.3 Å². The molecule has 4 heterocycles. The van der Waals surface area contributed by atoms with Crippen molar-refractivity contribution in [2.75, 3.05) is 0 Å². The quantitative estimate of drug-likeness (QED) is 0.441. The van der Waals surface area contributed by atoms with Crippen molar-refractivity contribution in [2.45, 2.75) is 17.3 Å². The fourth-order valence-corrected chi connectivity index (χ4v) is 4.05. The van der Waals surface area contributed by atoms with Gasteiger partial charge >= 0.3 is 0 Å². The number of nitrogens with one attached hydrogen (secondary N) is 1. The van der Waals surface area contributed by atoms with E-state index in [1.54, 1.807) is 30.8 Å². The third-order valence-corrected chi connectivity index (χ3v) is 5.33. The van der Waals surface area contributed by atoms with Crippen LogP contribution in [0, 0.1) is 0 Å². The predicted octanol–water partition coefficient (Wildman–Crippen LogP) is 3.89. The summed E-state index contributed by atoms with van der Waals surface area (Å²) >= 11 is 2.88. The standard InChI is InChI=1S/C16H12N4O2S2/c1-9(24-16-17-5-3-6-18-16)13-19-14(21)12-10(8-23-15(12)20-13)11-4-2-7-22-11/h2-9H,1H3,(H,19,20,21). The minimum atomic E-state index is -0.163. The van der Waals surface area contributed by atoms with E-state index >= 15 is 0 Å². The first-order chi connectivity index (χ1) is 11.7. The number of aromatic nitrogens is 4. The van der Waals surface area contributed by atoms with E-state index in [0.717, 1.165) is 5.56 Å². The Hall–Kier alpha value is -2.45. The van der Waals surface area contributed by atoms with Crippen molar-refractivity contribution in [1.82, 2.24) is 19.9 Å². The molecule has 0 amide bonds. The average Bonchev–Trinajstić information content (AvgIpc) is 3.24. The number of nitrogens with zero attached hydrogens (tertiary/aromatic N) is 3. The van der Waals surface area contributed by atoms with Gasteiger partial charge in [0.05, 0.1) is 16.9 Å². The molecule has 1 N–H and O–H groups in total. The summed E-state index contributed by atoms with van der Waals surface area (Å²) in [5.41, 5.74) is 0.607. The van der Waals surface area contributed by atoms with Gasteiger partial charge in [-0.3, -0.25) is 4.79 Å². The molecule has 6 nitrogen and oxygen atoms in total. The van der Waals surface area contributed by atoms with Crippen molar-refractivity contribution >= 4 is 33.3 Å². The third kappa shape index (κ3) is 2.74. The second-order valence-corrected chi connectivity index (χ2v) is 7.22. The molecule has 0 bridgehead atoms. The maximum absolute atomic E-state index is 12.6. The molecule has 0 aromatic carbocycles. The summed E-state index contributed by atoms with van der Waals surface area (Å²) < 4.78 is 5.40. The van der Waals surface area contributed by atoms with E-state index in [4.69, 9.17) is 4.42 Å². The van der Waals surface area contributed by atoms with Crippen LogP contribution in [0.1, 0.15) is 18.0 Å². The number of furan rings is 1. The van der Waals surface area contributed by atoms with Gasteiger partial charge in [-0.05, 0) is 25.1 Å². The van der Waals surface area contributed by atoms with Gasteiger partial charge < -0.3 is 9.40 Å². The monoisotopic (exact) mass is 356 g/mol. The van der Waals surface area contributed by atoms with Gasteiger partial charge in [0.2, 0.25) is 0 Å². The molecule has 0 spiro atoms. The molecule has 0 saturated heterocycles. The van der Waals surface area contributed by atoms with E-state index in [0.29, 0.717) is 27.0 Å². The zero-order valence-electron chi connectivity index (χ0n) is 12.6. The summed E-state index contributed by atoms with van der Waals surface area (Å²) in [5.74, 6) is 1.28. The molecule has 4 aromatic heterocycles. The number of H-pyrrole nitrogens is 1.